The number of hydrogen-bond donors (Lipinski definition) is 0. The monoisotopic (exact) mass is 492 g/mol. The Bertz CT molecular complexity index is 1050. The van der Waals surface area contributed by atoms with Gasteiger partial charge in [-0.15, -0.1) is 0 Å². The molecule has 2 fully saturated rings. The van der Waals surface area contributed by atoms with Crippen molar-refractivity contribution in [2.45, 2.75) is 25.4 Å². The molecule has 1 unspecified atom stereocenters. The maximum atomic E-state index is 13.2. The van der Waals surface area contributed by atoms with Crippen LogP contribution in [0.5, 0.6) is 11.5 Å². The highest BCUT2D eigenvalue weighted by atomic mass is 16.6. The lowest BCUT2D eigenvalue weighted by Gasteiger charge is -2.35. The second kappa shape index (κ2) is 11.3. The fourth-order valence-electron chi connectivity index (χ4n) is 5.38. The molecule has 0 aliphatic carbocycles. The lowest BCUT2D eigenvalue weighted by atomic mass is 10.0. The number of likely N-dealkylation sites (N-methyl/N-ethyl adjacent to an activating group) is 1. The third-order valence-corrected chi connectivity index (χ3v) is 7.31. The molecule has 0 spiro atoms. The number of carbonyl (C=O) groups is 2. The Morgan fingerprint density at radius 3 is 2.39 bits per heavy atom. The SMILES string of the molecule is CN(CC(=O)N1CCN(Cc2ccccc2)CC1)CC(=O)N1CCCC1c1ccc2c(c1)OCCO2. The predicted octanol–water partition coefficient (Wildman–Crippen LogP) is 2.40. The van der Waals surface area contributed by atoms with E-state index in [9.17, 15) is 9.59 Å². The van der Waals surface area contributed by atoms with Crippen molar-refractivity contribution in [3.8, 4) is 11.5 Å². The summed E-state index contributed by atoms with van der Waals surface area (Å²) in [6.07, 6.45) is 1.90. The van der Waals surface area contributed by atoms with Gasteiger partial charge in [-0.25, -0.2) is 0 Å². The Morgan fingerprint density at radius 2 is 1.61 bits per heavy atom. The van der Waals surface area contributed by atoms with Gasteiger partial charge in [0.15, 0.2) is 11.5 Å². The molecular formula is C28H36N4O4. The normalized spacial score (nSPS) is 20.1. The minimum atomic E-state index is 0.0371. The third kappa shape index (κ3) is 5.82. The van der Waals surface area contributed by atoms with Crippen molar-refractivity contribution in [1.29, 1.82) is 0 Å². The molecule has 2 aromatic rings. The predicted molar refractivity (Wildman–Crippen MR) is 137 cm³/mol. The second-order valence-electron chi connectivity index (χ2n) is 9.96. The van der Waals surface area contributed by atoms with Gasteiger partial charge < -0.3 is 19.3 Å². The van der Waals surface area contributed by atoms with Gasteiger partial charge in [0.25, 0.3) is 0 Å². The molecule has 3 heterocycles. The molecule has 0 N–H and O–H groups in total. The molecule has 0 aromatic heterocycles. The number of ether oxygens (including phenoxy) is 2. The molecule has 192 valence electrons. The molecule has 0 saturated carbocycles. The van der Waals surface area contributed by atoms with E-state index in [0.717, 1.165) is 69.2 Å². The molecule has 0 bridgehead atoms. The number of amides is 2. The minimum Gasteiger partial charge on any atom is -0.486 e. The maximum Gasteiger partial charge on any atom is 0.237 e. The van der Waals surface area contributed by atoms with E-state index >= 15 is 0 Å². The van der Waals surface area contributed by atoms with Gasteiger partial charge >= 0.3 is 0 Å². The van der Waals surface area contributed by atoms with E-state index in [1.54, 1.807) is 0 Å². The van der Waals surface area contributed by atoms with Gasteiger partial charge in [-0.2, -0.15) is 0 Å². The quantitative estimate of drug-likeness (QED) is 0.592. The first-order valence-electron chi connectivity index (χ1n) is 13.0. The van der Waals surface area contributed by atoms with Gasteiger partial charge in [0.05, 0.1) is 19.1 Å². The average Bonchev–Trinajstić information content (AvgIpc) is 3.40. The number of piperazine rings is 1. The molecule has 5 rings (SSSR count). The van der Waals surface area contributed by atoms with E-state index in [0.29, 0.717) is 13.2 Å². The van der Waals surface area contributed by atoms with E-state index < -0.39 is 0 Å². The highest BCUT2D eigenvalue weighted by Gasteiger charge is 2.32. The molecule has 3 aliphatic heterocycles. The topological polar surface area (TPSA) is 65.6 Å². The first-order valence-corrected chi connectivity index (χ1v) is 13.0. The molecule has 0 radical (unpaired) electrons. The zero-order valence-electron chi connectivity index (χ0n) is 21.1. The summed E-state index contributed by atoms with van der Waals surface area (Å²) >= 11 is 0. The molecular weight excluding hydrogens is 456 g/mol. The number of likely N-dealkylation sites (tertiary alicyclic amines) is 1. The van der Waals surface area contributed by atoms with E-state index in [2.05, 4.69) is 29.2 Å². The average molecular weight is 493 g/mol. The fourth-order valence-corrected chi connectivity index (χ4v) is 5.38. The molecule has 36 heavy (non-hydrogen) atoms. The van der Waals surface area contributed by atoms with Crippen molar-refractivity contribution < 1.29 is 19.1 Å². The third-order valence-electron chi connectivity index (χ3n) is 7.31. The van der Waals surface area contributed by atoms with Crippen LogP contribution in [0.15, 0.2) is 48.5 Å². The zero-order chi connectivity index (χ0) is 24.9. The first kappa shape index (κ1) is 24.6. The van der Waals surface area contributed by atoms with Crippen LogP contribution < -0.4 is 9.47 Å². The van der Waals surface area contributed by atoms with Crippen LogP contribution in [-0.4, -0.2) is 97.5 Å². The van der Waals surface area contributed by atoms with E-state index in [1.807, 2.05) is 46.0 Å². The Balaban J connectivity index is 1.10. The van der Waals surface area contributed by atoms with Crippen molar-refractivity contribution >= 4 is 11.8 Å². The molecule has 2 saturated heterocycles. The standard InChI is InChI=1S/C28H36N4O4/c1-29(20-27(33)31-14-12-30(13-15-31)19-22-6-3-2-4-7-22)21-28(34)32-11-5-8-24(32)23-9-10-25-26(18-23)36-17-16-35-25/h2-4,6-7,9-10,18,24H,5,8,11-17,19-21H2,1H3. The number of hydrogen-bond acceptors (Lipinski definition) is 6. The molecule has 2 amide bonds. The Morgan fingerprint density at radius 1 is 0.889 bits per heavy atom. The minimum absolute atomic E-state index is 0.0371. The largest absolute Gasteiger partial charge is 0.486 e. The van der Waals surface area contributed by atoms with Crippen molar-refractivity contribution in [2.75, 3.05) is 66.1 Å². The molecule has 1 atom stereocenters. The number of benzene rings is 2. The van der Waals surface area contributed by atoms with Crippen LogP contribution in [0.4, 0.5) is 0 Å². The summed E-state index contributed by atoms with van der Waals surface area (Å²) in [5, 5.41) is 0. The molecule has 2 aromatic carbocycles. The van der Waals surface area contributed by atoms with Gasteiger partial charge in [0.2, 0.25) is 11.8 Å². The highest BCUT2D eigenvalue weighted by Crippen LogP contribution is 2.38. The lowest BCUT2D eigenvalue weighted by molar-refractivity contribution is -0.136. The Labute approximate surface area is 213 Å². The van der Waals surface area contributed by atoms with Gasteiger partial charge in [0.1, 0.15) is 13.2 Å². The van der Waals surface area contributed by atoms with Crippen LogP contribution in [0, 0.1) is 0 Å². The summed E-state index contributed by atoms with van der Waals surface area (Å²) in [5.41, 5.74) is 2.38. The number of fused-ring (bicyclic) bond motifs is 1. The van der Waals surface area contributed by atoms with Crippen molar-refractivity contribution in [3.05, 3.63) is 59.7 Å². The van der Waals surface area contributed by atoms with E-state index in [4.69, 9.17) is 9.47 Å². The summed E-state index contributed by atoms with van der Waals surface area (Å²) in [6.45, 7) is 6.45. The fraction of sp³-hybridized carbons (Fsp3) is 0.500. The number of carbonyl (C=O) groups excluding carboxylic acids is 2. The Hall–Kier alpha value is -3.10. The molecule has 8 heteroatoms. The van der Waals surface area contributed by atoms with Crippen LogP contribution in [0.1, 0.15) is 30.0 Å². The lowest BCUT2D eigenvalue weighted by Crippen LogP contribution is -2.51. The van der Waals surface area contributed by atoms with Crippen LogP contribution >= 0.6 is 0 Å². The summed E-state index contributed by atoms with van der Waals surface area (Å²) in [6, 6.07) is 16.5. The summed E-state index contributed by atoms with van der Waals surface area (Å²) in [4.78, 5) is 34.2. The van der Waals surface area contributed by atoms with E-state index in [1.165, 1.54) is 5.56 Å². The Kier molecular flexibility index (Phi) is 7.72. The summed E-state index contributed by atoms with van der Waals surface area (Å²) in [5.74, 6) is 1.68. The van der Waals surface area contributed by atoms with Crippen LogP contribution in [0.2, 0.25) is 0 Å². The number of rotatable bonds is 7. The van der Waals surface area contributed by atoms with Gasteiger partial charge in [0, 0.05) is 39.3 Å². The second-order valence-corrected chi connectivity index (χ2v) is 9.96. The maximum absolute atomic E-state index is 13.2. The number of nitrogens with zero attached hydrogens (tertiary/aromatic N) is 4. The summed E-state index contributed by atoms with van der Waals surface area (Å²) in [7, 11) is 1.86. The van der Waals surface area contributed by atoms with Crippen LogP contribution in [0.25, 0.3) is 0 Å². The molecule has 8 nitrogen and oxygen atoms in total. The first-order chi connectivity index (χ1) is 17.6. The highest BCUT2D eigenvalue weighted by molar-refractivity contribution is 5.81. The summed E-state index contributed by atoms with van der Waals surface area (Å²) < 4.78 is 11.4. The smallest absolute Gasteiger partial charge is 0.237 e. The molecule has 3 aliphatic rings. The van der Waals surface area contributed by atoms with E-state index in [-0.39, 0.29) is 30.9 Å². The van der Waals surface area contributed by atoms with Gasteiger partial charge in [-0.1, -0.05) is 36.4 Å². The zero-order valence-corrected chi connectivity index (χ0v) is 21.1. The van der Waals surface area contributed by atoms with Gasteiger partial charge in [-0.05, 0) is 43.1 Å². The van der Waals surface area contributed by atoms with Crippen molar-refractivity contribution in [1.82, 2.24) is 19.6 Å². The van der Waals surface area contributed by atoms with Crippen molar-refractivity contribution in [2.24, 2.45) is 0 Å². The van der Waals surface area contributed by atoms with Crippen molar-refractivity contribution in [3.63, 3.8) is 0 Å². The van der Waals surface area contributed by atoms with Crippen LogP contribution in [-0.2, 0) is 16.1 Å². The van der Waals surface area contributed by atoms with Gasteiger partial charge in [-0.3, -0.25) is 19.4 Å². The van der Waals surface area contributed by atoms with Crippen LogP contribution in [0.3, 0.4) is 0 Å².